The molecule has 8 atom stereocenters. The van der Waals surface area contributed by atoms with Crippen LogP contribution in [0.25, 0.3) is 0 Å². The van der Waals surface area contributed by atoms with Crippen LogP contribution in [0, 0.1) is 35.5 Å². The van der Waals surface area contributed by atoms with Gasteiger partial charge in [-0.3, -0.25) is 4.79 Å². The number of ether oxygens (including phenoxy) is 4. The van der Waals surface area contributed by atoms with E-state index in [1.54, 1.807) is 25.7 Å². The van der Waals surface area contributed by atoms with E-state index in [9.17, 15) is 35.9 Å². The number of fused-ring (bicyclic) bond motifs is 5. The van der Waals surface area contributed by atoms with E-state index in [-0.39, 0.29) is 0 Å². The molecule has 0 aromatic carbocycles. The van der Waals surface area contributed by atoms with Crippen LogP contribution < -0.4 is 0 Å². The highest BCUT2D eigenvalue weighted by atomic mass is 19.4. The lowest BCUT2D eigenvalue weighted by molar-refractivity contribution is -0.284. The minimum Gasteiger partial charge on any atom is -0.450 e. The molecule has 228 valence electrons. The molecule has 39 heavy (non-hydrogen) atoms. The van der Waals surface area contributed by atoms with Crippen molar-refractivity contribution in [1.29, 1.82) is 0 Å². The Morgan fingerprint density at radius 2 is 1.31 bits per heavy atom. The first-order valence-corrected chi connectivity index (χ1v) is 13.6. The second-order valence-electron chi connectivity index (χ2n) is 11.6. The third-order valence-electron chi connectivity index (χ3n) is 9.05. The minimum absolute atomic E-state index is 0.381. The van der Waals surface area contributed by atoms with E-state index in [1.165, 1.54) is 24.7 Å². The normalized spacial score (nSPS) is 30.9. The number of alkyl halides is 6. The molecule has 3 rings (SSSR count). The average Bonchev–Trinajstić information content (AvgIpc) is 3.51. The number of hydrogen-bond acceptors (Lipinski definition) is 6. The van der Waals surface area contributed by atoms with Gasteiger partial charge in [0.1, 0.15) is 0 Å². The monoisotopic (exact) mass is 576 g/mol. The Hall–Kier alpha value is -1.72. The Labute approximate surface area is 226 Å². The van der Waals surface area contributed by atoms with E-state index in [1.807, 2.05) is 0 Å². The average molecular weight is 577 g/mol. The molecule has 3 aliphatic carbocycles. The van der Waals surface area contributed by atoms with E-state index in [0.29, 0.717) is 20.8 Å². The molecular weight excluding hydrogens is 534 g/mol. The summed E-state index contributed by atoms with van der Waals surface area (Å²) in [6.07, 6.45) is -5.44. The van der Waals surface area contributed by atoms with Gasteiger partial charge in [-0.1, -0.05) is 26.7 Å². The maximum atomic E-state index is 13.2. The number of methoxy groups -OCH3 is 1. The predicted octanol–water partition coefficient (Wildman–Crippen LogP) is 7.83. The SMILES string of the molecule is CCC1CC2C3CC(CC)C(C3)C2C1.COCOC(=O)OC(C)(CCC(C)(OC(C)=O)C(F)(F)F)C(F)(F)F. The Morgan fingerprint density at radius 3 is 1.77 bits per heavy atom. The third kappa shape index (κ3) is 7.94. The summed E-state index contributed by atoms with van der Waals surface area (Å²) in [6, 6.07) is 0. The van der Waals surface area contributed by atoms with Crippen LogP contribution in [0.15, 0.2) is 0 Å². The van der Waals surface area contributed by atoms with Gasteiger partial charge in [-0.2, -0.15) is 26.3 Å². The van der Waals surface area contributed by atoms with E-state index in [4.69, 9.17) is 0 Å². The van der Waals surface area contributed by atoms with Crippen molar-refractivity contribution in [3.63, 3.8) is 0 Å². The molecule has 0 aromatic heterocycles. The molecule has 0 heterocycles. The van der Waals surface area contributed by atoms with Crippen LogP contribution in [0.1, 0.15) is 86.0 Å². The van der Waals surface area contributed by atoms with Gasteiger partial charge in [0.15, 0.2) is 6.79 Å². The standard InChI is InChI=1S/C14H24.C13H18F6O6/c1-3-9-5-12-11-7-10(4-2)13(8-11)14(12)6-9;1-8(20)24-10(2,12(14,15)16)5-6-11(3,13(17,18)19)25-9(21)23-7-22-4/h9-14H,3-8H2,1-2H3;5-7H2,1-4H3. The van der Waals surface area contributed by atoms with Gasteiger partial charge in [0.05, 0.1) is 0 Å². The van der Waals surface area contributed by atoms with Gasteiger partial charge in [0, 0.05) is 26.9 Å². The van der Waals surface area contributed by atoms with Gasteiger partial charge in [0.2, 0.25) is 11.2 Å². The second kappa shape index (κ2) is 12.9. The number of halogens is 6. The van der Waals surface area contributed by atoms with Gasteiger partial charge in [0.25, 0.3) is 0 Å². The van der Waals surface area contributed by atoms with Gasteiger partial charge < -0.3 is 18.9 Å². The van der Waals surface area contributed by atoms with Crippen molar-refractivity contribution in [1.82, 2.24) is 0 Å². The lowest BCUT2D eigenvalue weighted by Crippen LogP contribution is -2.51. The molecule has 3 aliphatic rings. The summed E-state index contributed by atoms with van der Waals surface area (Å²) in [5.74, 6) is 5.56. The fourth-order valence-corrected chi connectivity index (χ4v) is 6.74. The first-order chi connectivity index (χ1) is 17.9. The second-order valence-corrected chi connectivity index (χ2v) is 11.6. The first-order valence-electron chi connectivity index (χ1n) is 13.6. The van der Waals surface area contributed by atoms with Crippen LogP contribution in [0.2, 0.25) is 0 Å². The summed E-state index contributed by atoms with van der Waals surface area (Å²) in [5.41, 5.74) is -6.49. The topological polar surface area (TPSA) is 71.1 Å². The van der Waals surface area contributed by atoms with Crippen LogP contribution in [0.5, 0.6) is 0 Å². The highest BCUT2D eigenvalue weighted by Gasteiger charge is 2.60. The highest BCUT2D eigenvalue weighted by molar-refractivity contribution is 5.66. The zero-order chi connectivity index (χ0) is 29.8. The fraction of sp³-hybridized carbons (Fsp3) is 0.926. The first kappa shape index (κ1) is 33.5. The number of rotatable bonds is 9. The zero-order valence-electron chi connectivity index (χ0n) is 23.5. The number of hydrogen-bond donors (Lipinski definition) is 0. The van der Waals surface area contributed by atoms with E-state index in [2.05, 4.69) is 32.8 Å². The van der Waals surface area contributed by atoms with Crippen LogP contribution in [-0.4, -0.2) is 49.6 Å². The summed E-state index contributed by atoms with van der Waals surface area (Å²) in [7, 11) is 1.09. The molecule has 6 nitrogen and oxygen atoms in total. The van der Waals surface area contributed by atoms with E-state index < -0.39 is 55.3 Å². The van der Waals surface area contributed by atoms with Crippen LogP contribution in [0.4, 0.5) is 31.1 Å². The molecule has 0 amide bonds. The minimum atomic E-state index is -5.21. The van der Waals surface area contributed by atoms with Crippen LogP contribution in [-0.2, 0) is 23.7 Å². The van der Waals surface area contributed by atoms with Crippen LogP contribution >= 0.6 is 0 Å². The molecule has 12 heteroatoms. The number of carbonyl (C=O) groups is 2. The Kier molecular flexibility index (Phi) is 11.0. The van der Waals surface area contributed by atoms with Crippen LogP contribution in [0.3, 0.4) is 0 Å². The molecule has 0 aromatic rings. The van der Waals surface area contributed by atoms with Gasteiger partial charge in [-0.15, -0.1) is 0 Å². The molecule has 0 radical (unpaired) electrons. The van der Waals surface area contributed by atoms with E-state index in [0.717, 1.165) is 30.8 Å². The molecule has 0 aliphatic heterocycles. The van der Waals surface area contributed by atoms with Crippen molar-refractivity contribution in [3.8, 4) is 0 Å². The molecule has 2 bridgehead atoms. The summed E-state index contributed by atoms with van der Waals surface area (Å²) in [6.45, 7) is 5.59. The third-order valence-corrected chi connectivity index (χ3v) is 9.05. The Morgan fingerprint density at radius 1 is 0.769 bits per heavy atom. The van der Waals surface area contributed by atoms with E-state index >= 15 is 0 Å². The molecule has 8 unspecified atom stereocenters. The molecule has 3 saturated carbocycles. The van der Waals surface area contributed by atoms with Crippen molar-refractivity contribution in [3.05, 3.63) is 0 Å². The predicted molar refractivity (Wildman–Crippen MR) is 129 cm³/mol. The zero-order valence-corrected chi connectivity index (χ0v) is 23.5. The Bertz CT molecular complexity index is 831. The molecule has 3 fully saturated rings. The van der Waals surface area contributed by atoms with Crippen molar-refractivity contribution >= 4 is 12.1 Å². The van der Waals surface area contributed by atoms with Crippen molar-refractivity contribution < 1.29 is 54.9 Å². The molecular formula is C27H42F6O6. The number of carbonyl (C=O) groups excluding carboxylic acids is 2. The molecule has 0 saturated heterocycles. The van der Waals surface area contributed by atoms with Gasteiger partial charge in [-0.25, -0.2) is 4.79 Å². The van der Waals surface area contributed by atoms with Crippen molar-refractivity contribution in [2.24, 2.45) is 35.5 Å². The summed E-state index contributed by atoms with van der Waals surface area (Å²) >= 11 is 0. The van der Waals surface area contributed by atoms with Gasteiger partial charge in [-0.05, 0) is 75.0 Å². The highest BCUT2D eigenvalue weighted by Crippen LogP contribution is 2.63. The van der Waals surface area contributed by atoms with Gasteiger partial charge >= 0.3 is 24.5 Å². The smallest absolute Gasteiger partial charge is 0.450 e. The molecule has 0 N–H and O–H groups in total. The maximum Gasteiger partial charge on any atom is 0.511 e. The largest absolute Gasteiger partial charge is 0.511 e. The Balaban J connectivity index is 0.000000314. The summed E-state index contributed by atoms with van der Waals surface area (Å²) in [5, 5.41) is 0. The number of esters is 1. The quantitative estimate of drug-likeness (QED) is 0.158. The maximum absolute atomic E-state index is 13.2. The fourth-order valence-electron chi connectivity index (χ4n) is 6.74. The van der Waals surface area contributed by atoms with Crippen molar-refractivity contribution in [2.75, 3.05) is 13.9 Å². The lowest BCUT2D eigenvalue weighted by Gasteiger charge is -2.36. The van der Waals surface area contributed by atoms with Crippen molar-refractivity contribution in [2.45, 2.75) is 110 Å². The lowest BCUT2D eigenvalue weighted by atomic mass is 9.75. The molecule has 0 spiro atoms. The summed E-state index contributed by atoms with van der Waals surface area (Å²) < 4.78 is 95.4. The summed E-state index contributed by atoms with van der Waals surface area (Å²) in [4.78, 5) is 22.1.